The van der Waals surface area contributed by atoms with Crippen LogP contribution in [-0.2, 0) is 29.9 Å². The zero-order chi connectivity index (χ0) is 38.1. The Morgan fingerprint density at radius 3 is 1.71 bits per heavy atom. The topological polar surface area (TPSA) is 80.3 Å². The number of carbonyl (C=O) groups excluding carboxylic acids is 2. The number of unbranched alkanes of at least 4 members (excludes halogenated alkanes) is 4. The normalized spacial score (nSPS) is 11.5. The minimum Gasteiger partial charge on any atom is -0.490 e. The Labute approximate surface area is 313 Å². The summed E-state index contributed by atoms with van der Waals surface area (Å²) in [6.45, 7) is 23.4. The van der Waals surface area contributed by atoms with Crippen molar-refractivity contribution in [3.05, 3.63) is 96.6 Å². The van der Waals surface area contributed by atoms with E-state index in [1.165, 1.54) is 36.8 Å². The second kappa shape index (κ2) is 20.8. The summed E-state index contributed by atoms with van der Waals surface area (Å²) >= 11 is 0. The third-order valence-electron chi connectivity index (χ3n) is 9.60. The molecule has 0 aliphatic rings. The lowest BCUT2D eigenvalue weighted by molar-refractivity contribution is -0.140. The van der Waals surface area contributed by atoms with E-state index in [1.54, 1.807) is 0 Å². The molecule has 0 fully saturated rings. The lowest BCUT2D eigenvalue weighted by atomic mass is 9.92. The molecule has 0 aromatic heterocycles. The van der Waals surface area contributed by atoms with Crippen LogP contribution in [0.25, 0.3) is 22.3 Å². The fourth-order valence-corrected chi connectivity index (χ4v) is 6.10. The number of carbonyl (C=O) groups is 2. The van der Waals surface area contributed by atoms with Crippen LogP contribution in [0.2, 0.25) is 18.1 Å². The number of rotatable bonds is 22. The minimum atomic E-state index is -1.98. The Morgan fingerprint density at radius 2 is 1.17 bits per heavy atom. The maximum atomic E-state index is 12.4. The molecular weight excluding hydrogens is 669 g/mol. The van der Waals surface area contributed by atoms with Crippen LogP contribution in [0.5, 0.6) is 11.5 Å². The van der Waals surface area contributed by atoms with Gasteiger partial charge in [-0.1, -0.05) is 116 Å². The van der Waals surface area contributed by atoms with E-state index in [2.05, 4.69) is 96.4 Å². The van der Waals surface area contributed by atoms with Crippen molar-refractivity contribution in [1.29, 1.82) is 0 Å². The lowest BCUT2D eigenvalue weighted by Gasteiger charge is -2.36. The highest BCUT2D eigenvalue weighted by Gasteiger charge is 2.37. The van der Waals surface area contributed by atoms with Crippen molar-refractivity contribution in [1.82, 2.24) is 0 Å². The molecule has 52 heavy (non-hydrogen) atoms. The van der Waals surface area contributed by atoms with Crippen LogP contribution < -0.4 is 9.47 Å². The van der Waals surface area contributed by atoms with E-state index in [0.29, 0.717) is 23.3 Å². The molecular formula is C44H60O7Si. The molecule has 0 saturated carbocycles. The molecule has 0 aliphatic heterocycles. The van der Waals surface area contributed by atoms with Crippen molar-refractivity contribution in [3.8, 4) is 33.8 Å². The smallest absolute Gasteiger partial charge is 0.335 e. The molecule has 3 aromatic carbocycles. The molecule has 0 spiro atoms. The van der Waals surface area contributed by atoms with E-state index < -0.39 is 14.3 Å². The zero-order valence-electron chi connectivity index (χ0n) is 32.6. The second-order valence-electron chi connectivity index (χ2n) is 14.7. The highest BCUT2D eigenvalue weighted by atomic mass is 28.4. The summed E-state index contributed by atoms with van der Waals surface area (Å²) in [5, 5.41) is 0.0521. The molecule has 0 amide bonds. The predicted molar refractivity (Wildman–Crippen MR) is 214 cm³/mol. The first-order valence-electron chi connectivity index (χ1n) is 18.7. The molecule has 8 heteroatoms. The monoisotopic (exact) mass is 728 g/mol. The molecule has 3 aromatic rings. The van der Waals surface area contributed by atoms with Crippen molar-refractivity contribution in [2.24, 2.45) is 0 Å². The molecule has 0 N–H and O–H groups in total. The number of esters is 2. The van der Waals surface area contributed by atoms with Gasteiger partial charge in [0.25, 0.3) is 0 Å². The van der Waals surface area contributed by atoms with Gasteiger partial charge in [0, 0.05) is 5.57 Å². The minimum absolute atomic E-state index is 0.0521. The standard InChI is InChI=1S/C44H60O7Si/c1-10-12-13-14-15-16-38-31-37(35-17-22-39(23-18-35)47-27-29-49-42(45)33(3)11-2)21-26-41(38)36-19-24-40(25-20-36)48-28-30-50-43(46)34(4)32-51-52(8,9)44(5,6)7/h17-26,31H,3-4,10-16,27-30,32H2,1-2,5-9H3. The summed E-state index contributed by atoms with van der Waals surface area (Å²) < 4.78 is 28.4. The summed E-state index contributed by atoms with van der Waals surface area (Å²) in [6.07, 6.45) is 7.64. The van der Waals surface area contributed by atoms with E-state index in [-0.39, 0.29) is 44.0 Å². The van der Waals surface area contributed by atoms with Gasteiger partial charge in [0.2, 0.25) is 0 Å². The summed E-state index contributed by atoms with van der Waals surface area (Å²) in [5.74, 6) is 0.600. The molecule has 0 heterocycles. The van der Waals surface area contributed by atoms with E-state index in [4.69, 9.17) is 23.4 Å². The Hall–Kier alpha value is -4.14. The number of hydrogen-bond donors (Lipinski definition) is 0. The van der Waals surface area contributed by atoms with Gasteiger partial charge in [0.15, 0.2) is 8.32 Å². The maximum Gasteiger partial charge on any atom is 0.335 e. The van der Waals surface area contributed by atoms with E-state index in [0.717, 1.165) is 35.3 Å². The first-order chi connectivity index (χ1) is 24.8. The first kappa shape index (κ1) is 42.3. The van der Waals surface area contributed by atoms with Gasteiger partial charge in [0.1, 0.15) is 37.9 Å². The molecule has 3 rings (SSSR count). The number of ether oxygens (including phenoxy) is 4. The predicted octanol–water partition coefficient (Wildman–Crippen LogP) is 10.9. The van der Waals surface area contributed by atoms with Gasteiger partial charge in [-0.05, 0) is 89.5 Å². The van der Waals surface area contributed by atoms with E-state index in [1.807, 2.05) is 31.2 Å². The molecule has 282 valence electrons. The average molecular weight is 729 g/mol. The fourth-order valence-electron chi connectivity index (χ4n) is 5.13. The summed E-state index contributed by atoms with van der Waals surface area (Å²) in [5.41, 5.74) is 6.67. The van der Waals surface area contributed by atoms with Crippen molar-refractivity contribution in [2.75, 3.05) is 33.0 Å². The molecule has 0 bridgehead atoms. The van der Waals surface area contributed by atoms with Gasteiger partial charge in [-0.2, -0.15) is 0 Å². The summed E-state index contributed by atoms with van der Waals surface area (Å²) in [7, 11) is -1.98. The van der Waals surface area contributed by atoms with Crippen LogP contribution in [0, 0.1) is 0 Å². The zero-order valence-corrected chi connectivity index (χ0v) is 33.6. The second-order valence-corrected chi connectivity index (χ2v) is 19.5. The van der Waals surface area contributed by atoms with Gasteiger partial charge in [-0.25, -0.2) is 9.59 Å². The van der Waals surface area contributed by atoms with Crippen LogP contribution in [0.4, 0.5) is 0 Å². The quantitative estimate of drug-likeness (QED) is 0.0441. The number of hydrogen-bond acceptors (Lipinski definition) is 7. The van der Waals surface area contributed by atoms with Crippen molar-refractivity contribution >= 4 is 20.3 Å². The van der Waals surface area contributed by atoms with Gasteiger partial charge >= 0.3 is 11.9 Å². The highest BCUT2D eigenvalue weighted by molar-refractivity contribution is 6.74. The van der Waals surface area contributed by atoms with Crippen molar-refractivity contribution in [3.63, 3.8) is 0 Å². The Balaban J connectivity index is 1.59. The average Bonchev–Trinajstić information content (AvgIpc) is 3.13. The maximum absolute atomic E-state index is 12.4. The van der Waals surface area contributed by atoms with Crippen LogP contribution in [-0.4, -0.2) is 53.3 Å². The molecule has 0 unspecified atom stereocenters. The molecule has 7 nitrogen and oxygen atoms in total. The highest BCUT2D eigenvalue weighted by Crippen LogP contribution is 2.37. The third-order valence-corrected chi connectivity index (χ3v) is 14.1. The number of benzene rings is 3. The van der Waals surface area contributed by atoms with Crippen molar-refractivity contribution in [2.45, 2.75) is 97.7 Å². The fraction of sp³-hybridized carbons (Fsp3) is 0.455. The van der Waals surface area contributed by atoms with E-state index >= 15 is 0 Å². The van der Waals surface area contributed by atoms with Gasteiger partial charge in [0.05, 0.1) is 12.2 Å². The van der Waals surface area contributed by atoms with Gasteiger partial charge in [-0.15, -0.1) is 0 Å². The third kappa shape index (κ3) is 13.4. The number of aryl methyl sites for hydroxylation is 1. The van der Waals surface area contributed by atoms with Crippen LogP contribution in [0.3, 0.4) is 0 Å². The van der Waals surface area contributed by atoms with Gasteiger partial charge < -0.3 is 23.4 Å². The summed E-state index contributed by atoms with van der Waals surface area (Å²) in [6, 6.07) is 22.8. The van der Waals surface area contributed by atoms with Gasteiger partial charge in [-0.3, -0.25) is 0 Å². The Morgan fingerprint density at radius 1 is 0.654 bits per heavy atom. The molecule has 0 atom stereocenters. The van der Waals surface area contributed by atoms with Crippen LogP contribution in [0.1, 0.15) is 78.7 Å². The van der Waals surface area contributed by atoms with Crippen LogP contribution >= 0.6 is 0 Å². The molecule has 0 radical (unpaired) electrons. The Bertz CT molecular complexity index is 1600. The first-order valence-corrected chi connectivity index (χ1v) is 21.6. The largest absolute Gasteiger partial charge is 0.490 e. The SMILES string of the molecule is C=C(CC)C(=O)OCCOc1ccc(-c2ccc(-c3ccc(OCCOC(=O)C(=C)CO[Si](C)(C)C(C)(C)C)cc3)c(CCCCCCC)c2)cc1. The van der Waals surface area contributed by atoms with Crippen LogP contribution in [0.15, 0.2) is 91.0 Å². The summed E-state index contributed by atoms with van der Waals surface area (Å²) in [4.78, 5) is 24.2. The van der Waals surface area contributed by atoms with Crippen molar-refractivity contribution < 1.29 is 33.0 Å². The lowest BCUT2D eigenvalue weighted by Crippen LogP contribution is -2.41. The molecule has 0 aliphatic carbocycles. The molecule has 0 saturated heterocycles. The van der Waals surface area contributed by atoms with E-state index in [9.17, 15) is 9.59 Å². The Kier molecular flexibility index (Phi) is 16.9.